The van der Waals surface area contributed by atoms with Gasteiger partial charge in [-0.3, -0.25) is 4.79 Å². The zero-order valence-electron chi connectivity index (χ0n) is 8.93. The molecule has 86 valence electrons. The van der Waals surface area contributed by atoms with Gasteiger partial charge in [-0.2, -0.15) is 0 Å². The number of aromatic nitrogens is 2. The Balaban J connectivity index is 2.16. The molecule has 1 amide bonds. The normalized spacial score (nSPS) is 27.0. The van der Waals surface area contributed by atoms with Crippen LogP contribution in [-0.4, -0.2) is 22.0 Å². The van der Waals surface area contributed by atoms with Crippen LogP contribution in [-0.2, 0) is 10.2 Å². The molecule has 0 aliphatic heterocycles. The van der Waals surface area contributed by atoms with Crippen LogP contribution in [0.4, 0.5) is 4.39 Å². The van der Waals surface area contributed by atoms with E-state index in [1.54, 1.807) is 24.4 Å². The maximum absolute atomic E-state index is 13.4. The number of halogens is 1. The first-order valence-electron chi connectivity index (χ1n) is 5.31. The Labute approximate surface area is 96.7 Å². The van der Waals surface area contributed by atoms with Crippen LogP contribution in [0.15, 0.2) is 30.5 Å². The van der Waals surface area contributed by atoms with Crippen molar-refractivity contribution in [1.82, 2.24) is 9.97 Å². The van der Waals surface area contributed by atoms with Gasteiger partial charge in [0.05, 0.1) is 5.69 Å². The van der Waals surface area contributed by atoms with Gasteiger partial charge in [0.25, 0.3) is 0 Å². The van der Waals surface area contributed by atoms with Gasteiger partial charge in [-0.25, -0.2) is 14.4 Å². The second-order valence-electron chi connectivity index (χ2n) is 4.25. The molecular formula is C12H10FN3O. The Kier molecular flexibility index (Phi) is 1.92. The number of hydrogen-bond acceptors (Lipinski definition) is 3. The highest BCUT2D eigenvalue weighted by atomic mass is 19.1. The Morgan fingerprint density at radius 3 is 2.88 bits per heavy atom. The van der Waals surface area contributed by atoms with Crippen molar-refractivity contribution < 1.29 is 9.18 Å². The van der Waals surface area contributed by atoms with E-state index < -0.39 is 17.5 Å². The van der Waals surface area contributed by atoms with Gasteiger partial charge in [-0.05, 0) is 24.3 Å². The molecule has 2 N–H and O–H groups in total. The minimum Gasteiger partial charge on any atom is -0.369 e. The summed E-state index contributed by atoms with van der Waals surface area (Å²) in [5.74, 6) is -0.659. The van der Waals surface area contributed by atoms with E-state index >= 15 is 0 Å². The lowest BCUT2D eigenvalue weighted by Crippen LogP contribution is -2.31. The number of carbonyl (C=O) groups is 1. The fourth-order valence-corrected chi connectivity index (χ4v) is 2.07. The number of nitrogens with two attached hydrogens (primary N) is 1. The zero-order valence-corrected chi connectivity index (χ0v) is 8.93. The lowest BCUT2D eigenvalue weighted by Gasteiger charge is -2.10. The number of fused-ring (bicyclic) bond motifs is 1. The van der Waals surface area contributed by atoms with Crippen LogP contribution in [0.2, 0.25) is 0 Å². The van der Waals surface area contributed by atoms with Crippen LogP contribution >= 0.6 is 0 Å². The van der Waals surface area contributed by atoms with Crippen LogP contribution in [0, 0.1) is 0 Å². The first-order valence-corrected chi connectivity index (χ1v) is 5.31. The Bertz CT molecular complexity index is 615. The molecule has 2 unspecified atom stereocenters. The number of amides is 1. The van der Waals surface area contributed by atoms with Gasteiger partial charge < -0.3 is 5.73 Å². The second kappa shape index (κ2) is 3.23. The van der Waals surface area contributed by atoms with E-state index in [1.807, 2.05) is 6.07 Å². The predicted molar refractivity (Wildman–Crippen MR) is 59.9 cm³/mol. The fraction of sp³-hybridized carbons (Fsp3) is 0.250. The monoisotopic (exact) mass is 231 g/mol. The lowest BCUT2D eigenvalue weighted by molar-refractivity contribution is -0.120. The topological polar surface area (TPSA) is 68.9 Å². The van der Waals surface area contributed by atoms with Crippen molar-refractivity contribution in [2.75, 3.05) is 0 Å². The first kappa shape index (κ1) is 10.1. The SMILES string of the molecule is NC(=O)C1(c2ccc3cccnc3n2)CC1F. The van der Waals surface area contributed by atoms with Crippen molar-refractivity contribution in [1.29, 1.82) is 0 Å². The maximum Gasteiger partial charge on any atom is 0.232 e. The molecule has 1 aliphatic carbocycles. The van der Waals surface area contributed by atoms with Crippen molar-refractivity contribution in [3.8, 4) is 0 Å². The van der Waals surface area contributed by atoms with Gasteiger partial charge in [0.2, 0.25) is 5.91 Å². The number of pyridine rings is 2. The summed E-state index contributed by atoms with van der Waals surface area (Å²) in [6.45, 7) is 0. The Morgan fingerprint density at radius 2 is 2.24 bits per heavy atom. The van der Waals surface area contributed by atoms with E-state index in [-0.39, 0.29) is 6.42 Å². The summed E-state index contributed by atoms with van der Waals surface area (Å²) >= 11 is 0. The van der Waals surface area contributed by atoms with E-state index in [4.69, 9.17) is 5.73 Å². The van der Waals surface area contributed by atoms with Crippen LogP contribution in [0.1, 0.15) is 12.1 Å². The summed E-state index contributed by atoms with van der Waals surface area (Å²) in [5.41, 5.74) is 4.91. The summed E-state index contributed by atoms with van der Waals surface area (Å²) < 4.78 is 13.4. The zero-order chi connectivity index (χ0) is 12.0. The maximum atomic E-state index is 13.4. The minimum absolute atomic E-state index is 0.119. The van der Waals surface area contributed by atoms with E-state index in [2.05, 4.69) is 9.97 Å². The van der Waals surface area contributed by atoms with Crippen molar-refractivity contribution in [3.63, 3.8) is 0 Å². The number of nitrogens with zero attached hydrogens (tertiary/aromatic N) is 2. The van der Waals surface area contributed by atoms with E-state index in [0.717, 1.165) is 5.39 Å². The van der Waals surface area contributed by atoms with Crippen molar-refractivity contribution in [2.45, 2.75) is 18.0 Å². The van der Waals surface area contributed by atoms with Crippen LogP contribution in [0.5, 0.6) is 0 Å². The average Bonchev–Trinajstić information content (AvgIpc) is 3.02. The minimum atomic E-state index is -1.23. The molecule has 1 saturated carbocycles. The van der Waals surface area contributed by atoms with Crippen LogP contribution < -0.4 is 5.73 Å². The van der Waals surface area contributed by atoms with E-state index in [9.17, 15) is 9.18 Å². The highest BCUT2D eigenvalue weighted by Crippen LogP contribution is 2.50. The Hall–Kier alpha value is -2.04. The number of rotatable bonds is 2. The molecule has 1 aliphatic rings. The molecule has 2 atom stereocenters. The molecule has 0 bridgehead atoms. The second-order valence-corrected chi connectivity index (χ2v) is 4.25. The molecule has 0 aromatic carbocycles. The van der Waals surface area contributed by atoms with Crippen molar-refractivity contribution >= 4 is 16.9 Å². The average molecular weight is 231 g/mol. The van der Waals surface area contributed by atoms with E-state index in [0.29, 0.717) is 11.3 Å². The molecular weight excluding hydrogens is 221 g/mol. The predicted octanol–water partition coefficient (Wildman–Crippen LogP) is 1.09. The third-order valence-electron chi connectivity index (χ3n) is 3.24. The number of primary amides is 1. The van der Waals surface area contributed by atoms with Crippen LogP contribution in [0.3, 0.4) is 0 Å². The van der Waals surface area contributed by atoms with Gasteiger partial charge in [0.15, 0.2) is 5.65 Å². The Morgan fingerprint density at radius 1 is 1.47 bits per heavy atom. The molecule has 2 aromatic heterocycles. The molecule has 0 saturated heterocycles. The standard InChI is InChI=1S/C12H10FN3O/c13-8-6-12(8,11(14)17)9-4-3-7-2-1-5-15-10(7)16-9/h1-5,8H,6H2,(H2,14,17). The summed E-state index contributed by atoms with van der Waals surface area (Å²) in [4.78, 5) is 19.7. The largest absolute Gasteiger partial charge is 0.369 e. The van der Waals surface area contributed by atoms with E-state index in [1.165, 1.54) is 0 Å². The lowest BCUT2D eigenvalue weighted by atomic mass is 10.0. The van der Waals surface area contributed by atoms with Crippen molar-refractivity contribution in [2.24, 2.45) is 5.73 Å². The molecule has 2 aromatic rings. The van der Waals surface area contributed by atoms with Gasteiger partial charge >= 0.3 is 0 Å². The summed E-state index contributed by atoms with van der Waals surface area (Å²) in [7, 11) is 0. The van der Waals surface area contributed by atoms with Gasteiger partial charge in [0.1, 0.15) is 11.6 Å². The number of hydrogen-bond donors (Lipinski definition) is 1. The highest BCUT2D eigenvalue weighted by molar-refractivity contribution is 5.91. The summed E-state index contributed by atoms with van der Waals surface area (Å²) in [6, 6.07) is 7.08. The summed E-state index contributed by atoms with van der Waals surface area (Å²) in [6.07, 6.45) is 0.498. The number of alkyl halides is 1. The third kappa shape index (κ3) is 1.32. The molecule has 5 heteroatoms. The van der Waals surface area contributed by atoms with Gasteiger partial charge in [-0.1, -0.05) is 0 Å². The first-order chi connectivity index (χ1) is 8.14. The number of carbonyl (C=O) groups excluding carboxylic acids is 1. The molecule has 2 heterocycles. The smallest absolute Gasteiger partial charge is 0.232 e. The molecule has 3 rings (SSSR count). The highest BCUT2D eigenvalue weighted by Gasteiger charge is 2.62. The molecule has 0 radical (unpaired) electrons. The molecule has 4 nitrogen and oxygen atoms in total. The van der Waals surface area contributed by atoms with Gasteiger partial charge in [-0.15, -0.1) is 0 Å². The van der Waals surface area contributed by atoms with Gasteiger partial charge in [0, 0.05) is 18.0 Å². The molecule has 1 fully saturated rings. The van der Waals surface area contributed by atoms with Crippen LogP contribution in [0.25, 0.3) is 11.0 Å². The molecule has 17 heavy (non-hydrogen) atoms. The fourth-order valence-electron chi connectivity index (χ4n) is 2.07. The molecule has 0 spiro atoms. The third-order valence-corrected chi connectivity index (χ3v) is 3.24. The van der Waals surface area contributed by atoms with Crippen molar-refractivity contribution in [3.05, 3.63) is 36.2 Å². The summed E-state index contributed by atoms with van der Waals surface area (Å²) in [5, 5.41) is 0.854. The quantitative estimate of drug-likeness (QED) is 0.841.